The first kappa shape index (κ1) is 14.9. The van der Waals surface area contributed by atoms with Gasteiger partial charge in [0.15, 0.2) is 0 Å². The highest BCUT2D eigenvalue weighted by Gasteiger charge is 2.20. The number of carbonyl (C=O) groups is 2. The normalized spacial score (nSPS) is 15.1. The molecule has 2 amide bonds. The molecule has 0 spiro atoms. The summed E-state index contributed by atoms with van der Waals surface area (Å²) < 4.78 is 0. The Kier molecular flexibility index (Phi) is 4.73. The summed E-state index contributed by atoms with van der Waals surface area (Å²) in [5, 5.41) is 14.7. The number of rotatable bonds is 3. The first-order chi connectivity index (χ1) is 9.47. The van der Waals surface area contributed by atoms with Crippen LogP contribution in [0.4, 0.5) is 10.5 Å². The molecule has 0 radical (unpaired) electrons. The molecule has 1 fully saturated rings. The van der Waals surface area contributed by atoms with E-state index in [-0.39, 0.29) is 27.3 Å². The SMILES string of the molecule is O=C(Nc1c(Cl)cc(Cl)cc1C(=O)O)NC1CCCC1. The Balaban J connectivity index is 2.15. The number of nitrogens with one attached hydrogen (secondary N) is 2. The molecular formula is C13H14Cl2N2O3. The van der Waals surface area contributed by atoms with Crippen LogP contribution in [0.15, 0.2) is 12.1 Å². The second-order valence-corrected chi connectivity index (χ2v) is 5.54. The van der Waals surface area contributed by atoms with Gasteiger partial charge in [-0.3, -0.25) is 0 Å². The molecule has 3 N–H and O–H groups in total. The molecule has 0 heterocycles. The summed E-state index contributed by atoms with van der Waals surface area (Å²) in [6.45, 7) is 0. The van der Waals surface area contributed by atoms with Crippen LogP contribution in [0.25, 0.3) is 0 Å². The van der Waals surface area contributed by atoms with Crippen LogP contribution in [0, 0.1) is 0 Å². The second kappa shape index (κ2) is 6.33. The zero-order valence-corrected chi connectivity index (χ0v) is 12.1. The lowest BCUT2D eigenvalue weighted by atomic mass is 10.2. The first-order valence-corrected chi connectivity index (χ1v) is 7.03. The largest absolute Gasteiger partial charge is 0.478 e. The van der Waals surface area contributed by atoms with Gasteiger partial charge in [-0.2, -0.15) is 0 Å². The molecule has 1 aromatic carbocycles. The molecular weight excluding hydrogens is 303 g/mol. The van der Waals surface area contributed by atoms with Crippen molar-refractivity contribution in [2.24, 2.45) is 0 Å². The molecule has 108 valence electrons. The lowest BCUT2D eigenvalue weighted by molar-refractivity contribution is 0.0698. The van der Waals surface area contributed by atoms with Crippen molar-refractivity contribution in [2.75, 3.05) is 5.32 Å². The van der Waals surface area contributed by atoms with Gasteiger partial charge in [0.2, 0.25) is 0 Å². The van der Waals surface area contributed by atoms with Gasteiger partial charge in [-0.25, -0.2) is 9.59 Å². The highest BCUT2D eigenvalue weighted by Crippen LogP contribution is 2.30. The third-order valence-electron chi connectivity index (χ3n) is 3.21. The van der Waals surface area contributed by atoms with Gasteiger partial charge >= 0.3 is 12.0 Å². The van der Waals surface area contributed by atoms with E-state index in [2.05, 4.69) is 10.6 Å². The number of urea groups is 1. The van der Waals surface area contributed by atoms with E-state index in [1.807, 2.05) is 0 Å². The van der Waals surface area contributed by atoms with Gasteiger partial charge in [-0.15, -0.1) is 0 Å². The highest BCUT2D eigenvalue weighted by molar-refractivity contribution is 6.37. The Labute approximate surface area is 126 Å². The van der Waals surface area contributed by atoms with Crippen LogP contribution in [0.2, 0.25) is 10.0 Å². The smallest absolute Gasteiger partial charge is 0.337 e. The van der Waals surface area contributed by atoms with Crippen LogP contribution in [0.3, 0.4) is 0 Å². The average molecular weight is 317 g/mol. The Hall–Kier alpha value is -1.46. The van der Waals surface area contributed by atoms with E-state index in [1.54, 1.807) is 0 Å². The predicted molar refractivity (Wildman–Crippen MR) is 77.8 cm³/mol. The number of anilines is 1. The molecule has 0 bridgehead atoms. The van der Waals surface area contributed by atoms with Crippen molar-refractivity contribution in [3.8, 4) is 0 Å². The molecule has 1 aliphatic carbocycles. The highest BCUT2D eigenvalue weighted by atomic mass is 35.5. The van der Waals surface area contributed by atoms with Gasteiger partial charge < -0.3 is 15.7 Å². The fourth-order valence-electron chi connectivity index (χ4n) is 2.27. The van der Waals surface area contributed by atoms with E-state index in [9.17, 15) is 9.59 Å². The molecule has 0 saturated heterocycles. The van der Waals surface area contributed by atoms with Gasteiger partial charge in [0.05, 0.1) is 16.3 Å². The maximum absolute atomic E-state index is 11.9. The number of hydrogen-bond acceptors (Lipinski definition) is 2. The number of aromatic carboxylic acids is 1. The van der Waals surface area contributed by atoms with Crippen LogP contribution in [-0.2, 0) is 0 Å². The Morgan fingerprint density at radius 2 is 1.85 bits per heavy atom. The van der Waals surface area contributed by atoms with Crippen LogP contribution in [-0.4, -0.2) is 23.1 Å². The molecule has 1 aliphatic rings. The summed E-state index contributed by atoms with van der Waals surface area (Å²) in [6, 6.07) is 2.32. The van der Waals surface area contributed by atoms with Crippen molar-refractivity contribution in [3.63, 3.8) is 0 Å². The monoisotopic (exact) mass is 316 g/mol. The third-order valence-corrected chi connectivity index (χ3v) is 3.73. The lowest BCUT2D eigenvalue weighted by Crippen LogP contribution is -2.36. The molecule has 0 unspecified atom stereocenters. The van der Waals surface area contributed by atoms with Crippen molar-refractivity contribution < 1.29 is 14.7 Å². The summed E-state index contributed by atoms with van der Waals surface area (Å²) >= 11 is 11.7. The predicted octanol–water partition coefficient (Wildman–Crippen LogP) is 3.76. The van der Waals surface area contributed by atoms with Crippen molar-refractivity contribution in [3.05, 3.63) is 27.7 Å². The number of halogens is 2. The summed E-state index contributed by atoms with van der Waals surface area (Å²) in [4.78, 5) is 23.0. The third kappa shape index (κ3) is 3.55. The molecule has 1 saturated carbocycles. The molecule has 1 aromatic rings. The van der Waals surface area contributed by atoms with Gasteiger partial charge in [0.25, 0.3) is 0 Å². The molecule has 20 heavy (non-hydrogen) atoms. The number of amides is 2. The summed E-state index contributed by atoms with van der Waals surface area (Å²) in [5.74, 6) is -1.20. The van der Waals surface area contributed by atoms with Crippen LogP contribution >= 0.6 is 23.2 Å². The number of hydrogen-bond donors (Lipinski definition) is 3. The van der Waals surface area contributed by atoms with Crippen molar-refractivity contribution in [1.29, 1.82) is 0 Å². The van der Waals surface area contributed by atoms with E-state index in [4.69, 9.17) is 28.3 Å². The number of carboxylic acids is 1. The number of carbonyl (C=O) groups excluding carboxylic acids is 1. The molecule has 2 rings (SSSR count). The topological polar surface area (TPSA) is 78.4 Å². The minimum atomic E-state index is -1.20. The van der Waals surface area contributed by atoms with Gasteiger partial charge in [-0.1, -0.05) is 36.0 Å². The number of carboxylic acid groups (broad SMARTS) is 1. The molecule has 0 aromatic heterocycles. The minimum absolute atomic E-state index is 0.0547. The quantitative estimate of drug-likeness (QED) is 0.794. The maximum atomic E-state index is 11.9. The molecule has 5 nitrogen and oxygen atoms in total. The van der Waals surface area contributed by atoms with Crippen molar-refractivity contribution in [1.82, 2.24) is 5.32 Å². The zero-order valence-electron chi connectivity index (χ0n) is 10.6. The maximum Gasteiger partial charge on any atom is 0.337 e. The van der Waals surface area contributed by atoms with E-state index >= 15 is 0 Å². The van der Waals surface area contributed by atoms with Crippen LogP contribution < -0.4 is 10.6 Å². The van der Waals surface area contributed by atoms with E-state index in [0.29, 0.717) is 0 Å². The van der Waals surface area contributed by atoms with Gasteiger partial charge in [0.1, 0.15) is 0 Å². The molecule has 7 heteroatoms. The fraction of sp³-hybridized carbons (Fsp3) is 0.385. The Morgan fingerprint density at radius 3 is 2.45 bits per heavy atom. The molecule has 0 atom stereocenters. The Morgan fingerprint density at radius 1 is 1.20 bits per heavy atom. The number of benzene rings is 1. The zero-order chi connectivity index (χ0) is 14.7. The summed E-state index contributed by atoms with van der Waals surface area (Å²) in [6.07, 6.45) is 4.06. The van der Waals surface area contributed by atoms with E-state index in [0.717, 1.165) is 25.7 Å². The lowest BCUT2D eigenvalue weighted by Gasteiger charge is -2.15. The van der Waals surface area contributed by atoms with Crippen molar-refractivity contribution >= 4 is 40.9 Å². The van der Waals surface area contributed by atoms with Gasteiger partial charge in [-0.05, 0) is 25.0 Å². The van der Waals surface area contributed by atoms with Crippen molar-refractivity contribution in [2.45, 2.75) is 31.7 Å². The van der Waals surface area contributed by atoms with E-state index in [1.165, 1.54) is 12.1 Å². The Bertz CT molecular complexity index is 543. The standard InChI is InChI=1S/C13H14Cl2N2O3/c14-7-5-9(12(18)19)11(10(15)6-7)17-13(20)16-8-3-1-2-4-8/h5-6,8H,1-4H2,(H,18,19)(H2,16,17,20). The average Bonchev–Trinajstić information content (AvgIpc) is 2.84. The molecule has 0 aliphatic heterocycles. The fourth-order valence-corrected chi connectivity index (χ4v) is 2.82. The van der Waals surface area contributed by atoms with Gasteiger partial charge in [0, 0.05) is 11.1 Å². The van der Waals surface area contributed by atoms with E-state index < -0.39 is 12.0 Å². The second-order valence-electron chi connectivity index (χ2n) is 4.70. The first-order valence-electron chi connectivity index (χ1n) is 6.27. The van der Waals surface area contributed by atoms with Crippen LogP contribution in [0.1, 0.15) is 36.0 Å². The van der Waals surface area contributed by atoms with Crippen LogP contribution in [0.5, 0.6) is 0 Å². The minimum Gasteiger partial charge on any atom is -0.478 e. The summed E-state index contributed by atoms with van der Waals surface area (Å²) in [5.41, 5.74) is -0.0804. The summed E-state index contributed by atoms with van der Waals surface area (Å²) in [7, 11) is 0.